The van der Waals surface area contributed by atoms with E-state index in [4.69, 9.17) is 0 Å². The Kier molecular flexibility index (Phi) is 9.59. The number of rotatable bonds is 11. The molecule has 3 unspecified atom stereocenters. The summed E-state index contributed by atoms with van der Waals surface area (Å²) in [6.45, 7) is 0.526. The minimum absolute atomic E-state index is 0.237. The minimum Gasteiger partial charge on any atom is -0.207 e. The molecule has 0 spiro atoms. The summed E-state index contributed by atoms with van der Waals surface area (Å²) >= 11 is 1.70. The van der Waals surface area contributed by atoms with Gasteiger partial charge < -0.3 is 0 Å². The molecule has 0 saturated heterocycles. The van der Waals surface area contributed by atoms with Crippen molar-refractivity contribution >= 4 is 21.4 Å². The molecule has 1 aliphatic rings. The Hall–Kier alpha value is -1.95. The number of hydrogen-bond donors (Lipinski definition) is 0. The number of likely N-dealkylation sites (N-methyl/N-ethyl adjacent to an activating group) is 1. The van der Waals surface area contributed by atoms with Crippen molar-refractivity contribution in [3.05, 3.63) is 88.6 Å². The van der Waals surface area contributed by atoms with Crippen LogP contribution in [0.5, 0.6) is 0 Å². The van der Waals surface area contributed by atoms with E-state index in [9.17, 15) is 8.42 Å². The third-order valence-electron chi connectivity index (χ3n) is 7.68. The van der Waals surface area contributed by atoms with Crippen molar-refractivity contribution in [3.8, 4) is 0 Å². The lowest BCUT2D eigenvalue weighted by molar-refractivity contribution is 0.372. The van der Waals surface area contributed by atoms with E-state index < -0.39 is 10.0 Å². The van der Waals surface area contributed by atoms with E-state index in [-0.39, 0.29) is 5.92 Å². The maximum atomic E-state index is 13.1. The van der Waals surface area contributed by atoms with E-state index in [1.54, 1.807) is 47.0 Å². The first-order chi connectivity index (χ1) is 17.0. The van der Waals surface area contributed by atoms with Crippen molar-refractivity contribution in [2.24, 2.45) is 11.8 Å². The molecule has 3 aromatic rings. The first kappa shape index (κ1) is 26.1. The second-order valence-electron chi connectivity index (χ2n) is 10.2. The van der Waals surface area contributed by atoms with Gasteiger partial charge in [0.25, 0.3) is 0 Å². The zero-order valence-corrected chi connectivity index (χ0v) is 22.5. The van der Waals surface area contributed by atoms with Gasteiger partial charge >= 0.3 is 0 Å². The van der Waals surface area contributed by atoms with Gasteiger partial charge in [0.1, 0.15) is 0 Å². The zero-order chi connectivity index (χ0) is 24.5. The highest BCUT2D eigenvalue weighted by Crippen LogP contribution is 2.34. The quantitative estimate of drug-likeness (QED) is 0.248. The van der Waals surface area contributed by atoms with Gasteiger partial charge in [-0.15, -0.1) is 0 Å². The van der Waals surface area contributed by atoms with E-state index >= 15 is 0 Å². The van der Waals surface area contributed by atoms with Crippen LogP contribution in [0.2, 0.25) is 0 Å². The molecule has 2 aromatic carbocycles. The van der Waals surface area contributed by atoms with Gasteiger partial charge in [-0.2, -0.15) is 11.3 Å². The van der Waals surface area contributed by atoms with Gasteiger partial charge in [0.2, 0.25) is 10.0 Å². The summed E-state index contributed by atoms with van der Waals surface area (Å²) in [7, 11) is -1.75. The molecule has 1 saturated carbocycles. The average Bonchev–Trinajstić information content (AvgIpc) is 3.33. The zero-order valence-electron chi connectivity index (χ0n) is 20.9. The van der Waals surface area contributed by atoms with Crippen LogP contribution >= 0.6 is 11.3 Å². The summed E-state index contributed by atoms with van der Waals surface area (Å²) < 4.78 is 27.7. The number of nitrogens with zero attached hydrogens (tertiary/aromatic N) is 1. The number of benzene rings is 2. The normalized spacial score (nSPS) is 19.9. The molecular weight excluding hydrogens is 470 g/mol. The average molecular weight is 510 g/mol. The molecule has 0 aliphatic heterocycles. The summed E-state index contributed by atoms with van der Waals surface area (Å²) in [5.41, 5.74) is 2.75. The van der Waals surface area contributed by atoms with E-state index in [0.717, 1.165) is 24.7 Å². The van der Waals surface area contributed by atoms with Gasteiger partial charge in [0.15, 0.2) is 0 Å². The van der Waals surface area contributed by atoms with E-state index in [2.05, 4.69) is 47.2 Å². The molecule has 3 nitrogen and oxygen atoms in total. The SMILES string of the molecule is CN(CC(CCCC1CCCC(Cc2ccccc2)CC1)c1ccsc1)S(=O)(=O)c1ccccc1. The minimum atomic E-state index is -3.47. The molecule has 1 aromatic heterocycles. The number of hydrogen-bond acceptors (Lipinski definition) is 3. The van der Waals surface area contributed by atoms with Crippen molar-refractivity contribution in [2.75, 3.05) is 13.6 Å². The fourth-order valence-corrected chi connectivity index (χ4v) is 7.58. The first-order valence-electron chi connectivity index (χ1n) is 13.1. The molecule has 3 atom stereocenters. The predicted molar refractivity (Wildman–Crippen MR) is 147 cm³/mol. The summed E-state index contributed by atoms with van der Waals surface area (Å²) in [6.07, 6.45) is 11.4. The lowest BCUT2D eigenvalue weighted by Gasteiger charge is -2.24. The highest BCUT2D eigenvalue weighted by atomic mass is 32.2. The van der Waals surface area contributed by atoms with Crippen LogP contribution in [-0.2, 0) is 16.4 Å². The molecule has 1 heterocycles. The van der Waals surface area contributed by atoms with Crippen LogP contribution in [0.1, 0.15) is 68.4 Å². The van der Waals surface area contributed by atoms with Crippen LogP contribution in [0, 0.1) is 11.8 Å². The third kappa shape index (κ3) is 7.52. The van der Waals surface area contributed by atoms with Crippen molar-refractivity contribution in [1.82, 2.24) is 4.31 Å². The van der Waals surface area contributed by atoms with Crippen LogP contribution in [0.3, 0.4) is 0 Å². The van der Waals surface area contributed by atoms with Crippen LogP contribution in [0.25, 0.3) is 0 Å². The Morgan fingerprint density at radius 3 is 2.31 bits per heavy atom. The van der Waals surface area contributed by atoms with Crippen molar-refractivity contribution < 1.29 is 8.42 Å². The van der Waals surface area contributed by atoms with Gasteiger partial charge in [0, 0.05) is 13.6 Å². The highest BCUT2D eigenvalue weighted by molar-refractivity contribution is 7.89. The summed E-state index contributed by atoms with van der Waals surface area (Å²) in [5, 5.41) is 4.29. The van der Waals surface area contributed by atoms with Crippen molar-refractivity contribution in [2.45, 2.75) is 68.6 Å². The summed E-state index contributed by atoms with van der Waals surface area (Å²) in [5.74, 6) is 1.86. The second-order valence-corrected chi connectivity index (χ2v) is 13.0. The predicted octanol–water partition coefficient (Wildman–Crippen LogP) is 7.76. The molecule has 5 heteroatoms. The molecule has 1 aliphatic carbocycles. The molecule has 0 radical (unpaired) electrons. The van der Waals surface area contributed by atoms with Gasteiger partial charge in [-0.25, -0.2) is 12.7 Å². The lowest BCUT2D eigenvalue weighted by Crippen LogP contribution is -2.31. The Labute approximate surface area is 216 Å². The summed E-state index contributed by atoms with van der Waals surface area (Å²) in [6, 6.07) is 21.9. The molecule has 4 rings (SSSR count). The molecule has 0 amide bonds. The molecular formula is C30H39NO2S2. The van der Waals surface area contributed by atoms with Crippen LogP contribution in [-0.4, -0.2) is 26.3 Å². The topological polar surface area (TPSA) is 37.4 Å². The molecule has 188 valence electrons. The largest absolute Gasteiger partial charge is 0.242 e. The molecule has 1 fully saturated rings. The highest BCUT2D eigenvalue weighted by Gasteiger charge is 2.25. The first-order valence-corrected chi connectivity index (χ1v) is 15.5. The van der Waals surface area contributed by atoms with Gasteiger partial charge in [-0.1, -0.05) is 87.1 Å². The standard InChI is InChI=1S/C30H39NO2S2/c1-31(35(32,33)30-16-6-3-7-17-30)23-28(29-20-21-34-24-29)15-9-13-25-12-8-14-27(19-18-25)22-26-10-4-2-5-11-26/h2-7,10-11,16-17,20-21,24-25,27-28H,8-9,12-15,18-19,22-23H2,1H3. The van der Waals surface area contributed by atoms with E-state index in [1.165, 1.54) is 56.1 Å². The van der Waals surface area contributed by atoms with Crippen molar-refractivity contribution in [1.29, 1.82) is 0 Å². The summed E-state index contributed by atoms with van der Waals surface area (Å²) in [4.78, 5) is 0.370. The smallest absolute Gasteiger partial charge is 0.207 e. The maximum Gasteiger partial charge on any atom is 0.242 e. The molecule has 0 N–H and O–H groups in total. The molecule has 35 heavy (non-hydrogen) atoms. The lowest BCUT2D eigenvalue weighted by atomic mass is 9.88. The Balaban J connectivity index is 1.29. The maximum absolute atomic E-state index is 13.1. The van der Waals surface area contributed by atoms with Gasteiger partial charge in [-0.3, -0.25) is 0 Å². The van der Waals surface area contributed by atoms with E-state index in [1.807, 2.05) is 6.07 Å². The Morgan fingerprint density at radius 2 is 1.60 bits per heavy atom. The monoisotopic (exact) mass is 509 g/mol. The van der Waals surface area contributed by atoms with E-state index in [0.29, 0.717) is 11.4 Å². The van der Waals surface area contributed by atoms with Crippen LogP contribution < -0.4 is 0 Å². The number of thiophene rings is 1. The van der Waals surface area contributed by atoms with Gasteiger partial charge in [0.05, 0.1) is 4.90 Å². The Morgan fingerprint density at radius 1 is 0.914 bits per heavy atom. The van der Waals surface area contributed by atoms with Gasteiger partial charge in [-0.05, 0) is 77.1 Å². The second kappa shape index (κ2) is 12.8. The molecule has 0 bridgehead atoms. The van der Waals surface area contributed by atoms with Crippen molar-refractivity contribution in [3.63, 3.8) is 0 Å². The van der Waals surface area contributed by atoms with Crippen LogP contribution in [0.4, 0.5) is 0 Å². The third-order valence-corrected chi connectivity index (χ3v) is 10.2. The number of sulfonamides is 1. The van der Waals surface area contributed by atoms with Crippen LogP contribution in [0.15, 0.2) is 82.4 Å². The fraction of sp³-hybridized carbons (Fsp3) is 0.467. The Bertz CT molecular complexity index is 1100. The fourth-order valence-electron chi connectivity index (χ4n) is 5.60.